The highest BCUT2D eigenvalue weighted by Gasteiger charge is 2.18. The Balaban J connectivity index is 1.41. The second kappa shape index (κ2) is 6.34. The molecule has 0 unspecified atom stereocenters. The minimum Gasteiger partial charge on any atom is -0.357 e. The lowest BCUT2D eigenvalue weighted by atomic mass is 10.2. The molecule has 0 atom stereocenters. The fourth-order valence-corrected chi connectivity index (χ4v) is 3.26. The van der Waals surface area contributed by atoms with E-state index in [1.165, 1.54) is 5.69 Å². The van der Waals surface area contributed by atoms with Gasteiger partial charge in [-0.25, -0.2) is 4.98 Å². The number of nitrogens with one attached hydrogen (secondary N) is 1. The fourth-order valence-electron chi connectivity index (χ4n) is 3.26. The summed E-state index contributed by atoms with van der Waals surface area (Å²) in [5.74, 6) is 1.06. The standard InChI is InChI=1S/C19H19N5/c20-13-15-4-5-18-16(11-15)12-17(22-18)14-23-7-9-24(10-8-23)19-3-1-2-6-21-19/h1-6,11-12,22H,7-10,14H2. The first-order chi connectivity index (χ1) is 11.8. The summed E-state index contributed by atoms with van der Waals surface area (Å²) in [6.45, 7) is 4.95. The van der Waals surface area contributed by atoms with Gasteiger partial charge in [0.1, 0.15) is 5.82 Å². The van der Waals surface area contributed by atoms with Gasteiger partial charge in [0.05, 0.1) is 11.6 Å². The summed E-state index contributed by atoms with van der Waals surface area (Å²) in [6, 6.07) is 16.2. The predicted molar refractivity (Wildman–Crippen MR) is 94.7 cm³/mol. The van der Waals surface area contributed by atoms with Crippen molar-refractivity contribution in [3.8, 4) is 6.07 Å². The molecule has 24 heavy (non-hydrogen) atoms. The molecule has 5 heteroatoms. The Labute approximate surface area is 141 Å². The molecule has 3 heterocycles. The van der Waals surface area contributed by atoms with E-state index in [4.69, 9.17) is 5.26 Å². The van der Waals surface area contributed by atoms with Crippen LogP contribution in [-0.4, -0.2) is 41.0 Å². The number of hydrogen-bond acceptors (Lipinski definition) is 4. The zero-order valence-electron chi connectivity index (χ0n) is 13.4. The number of rotatable bonds is 3. The van der Waals surface area contributed by atoms with Gasteiger partial charge in [-0.1, -0.05) is 6.07 Å². The van der Waals surface area contributed by atoms with Crippen molar-refractivity contribution in [2.75, 3.05) is 31.1 Å². The monoisotopic (exact) mass is 317 g/mol. The van der Waals surface area contributed by atoms with E-state index in [1.807, 2.05) is 36.5 Å². The van der Waals surface area contributed by atoms with Crippen LogP contribution < -0.4 is 4.90 Å². The van der Waals surface area contributed by atoms with Gasteiger partial charge in [-0.05, 0) is 36.4 Å². The summed E-state index contributed by atoms with van der Waals surface area (Å²) in [7, 11) is 0. The van der Waals surface area contributed by atoms with Crippen molar-refractivity contribution >= 4 is 16.7 Å². The Hall–Kier alpha value is -2.84. The van der Waals surface area contributed by atoms with E-state index in [0.29, 0.717) is 5.56 Å². The Morgan fingerprint density at radius 1 is 1.08 bits per heavy atom. The zero-order valence-corrected chi connectivity index (χ0v) is 13.4. The van der Waals surface area contributed by atoms with Crippen LogP contribution in [0.2, 0.25) is 0 Å². The number of fused-ring (bicyclic) bond motifs is 1. The summed E-state index contributed by atoms with van der Waals surface area (Å²) in [6.07, 6.45) is 1.85. The second-order valence-electron chi connectivity index (χ2n) is 6.16. The minimum absolute atomic E-state index is 0.706. The summed E-state index contributed by atoms with van der Waals surface area (Å²) >= 11 is 0. The number of hydrogen-bond donors (Lipinski definition) is 1. The molecule has 0 saturated carbocycles. The van der Waals surface area contributed by atoms with Crippen LogP contribution >= 0.6 is 0 Å². The van der Waals surface area contributed by atoms with Gasteiger partial charge in [0.25, 0.3) is 0 Å². The molecule has 1 aromatic carbocycles. The summed E-state index contributed by atoms with van der Waals surface area (Å²) in [5.41, 5.74) is 3.00. The van der Waals surface area contributed by atoms with Gasteiger partial charge in [-0.2, -0.15) is 5.26 Å². The molecule has 3 aromatic rings. The highest BCUT2D eigenvalue weighted by atomic mass is 15.3. The number of nitrogens with zero attached hydrogens (tertiary/aromatic N) is 4. The maximum absolute atomic E-state index is 9.01. The largest absolute Gasteiger partial charge is 0.357 e. The third-order valence-electron chi connectivity index (χ3n) is 4.55. The molecule has 0 spiro atoms. The van der Waals surface area contributed by atoms with Crippen LogP contribution in [0.15, 0.2) is 48.7 Å². The van der Waals surface area contributed by atoms with Crippen molar-refractivity contribution in [3.63, 3.8) is 0 Å². The van der Waals surface area contributed by atoms with Gasteiger partial charge in [0, 0.05) is 55.5 Å². The molecule has 0 bridgehead atoms. The van der Waals surface area contributed by atoms with Gasteiger partial charge >= 0.3 is 0 Å². The van der Waals surface area contributed by atoms with E-state index in [-0.39, 0.29) is 0 Å². The third-order valence-corrected chi connectivity index (χ3v) is 4.55. The van der Waals surface area contributed by atoms with Crippen LogP contribution in [0.25, 0.3) is 10.9 Å². The molecule has 0 aliphatic carbocycles. The molecular formula is C19H19N5. The lowest BCUT2D eigenvalue weighted by Crippen LogP contribution is -2.46. The van der Waals surface area contributed by atoms with Gasteiger partial charge in [-0.15, -0.1) is 0 Å². The average Bonchev–Trinajstić information content (AvgIpc) is 3.04. The van der Waals surface area contributed by atoms with Crippen LogP contribution in [0.1, 0.15) is 11.3 Å². The van der Waals surface area contributed by atoms with Crippen molar-refractivity contribution in [2.45, 2.75) is 6.54 Å². The predicted octanol–water partition coefficient (Wildman–Crippen LogP) is 2.76. The van der Waals surface area contributed by atoms with Crippen molar-refractivity contribution in [2.24, 2.45) is 0 Å². The molecule has 1 saturated heterocycles. The van der Waals surface area contributed by atoms with Crippen LogP contribution in [0.5, 0.6) is 0 Å². The van der Waals surface area contributed by atoms with Gasteiger partial charge in [0.15, 0.2) is 0 Å². The van der Waals surface area contributed by atoms with Crippen LogP contribution in [0.3, 0.4) is 0 Å². The lowest BCUT2D eigenvalue weighted by Gasteiger charge is -2.35. The van der Waals surface area contributed by atoms with Gasteiger partial charge in [0.2, 0.25) is 0 Å². The lowest BCUT2D eigenvalue weighted by molar-refractivity contribution is 0.247. The topological polar surface area (TPSA) is 59.0 Å². The minimum atomic E-state index is 0.706. The summed E-state index contributed by atoms with van der Waals surface area (Å²) in [5, 5.41) is 10.1. The highest BCUT2D eigenvalue weighted by molar-refractivity contribution is 5.81. The molecular weight excluding hydrogens is 298 g/mol. The van der Waals surface area contributed by atoms with E-state index in [9.17, 15) is 0 Å². The van der Waals surface area contributed by atoms with E-state index in [2.05, 4.69) is 38.0 Å². The van der Waals surface area contributed by atoms with Gasteiger partial charge in [-0.3, -0.25) is 4.90 Å². The Kier molecular flexibility index (Phi) is 3.89. The molecule has 1 aliphatic heterocycles. The molecule has 5 nitrogen and oxygen atoms in total. The van der Waals surface area contributed by atoms with Crippen LogP contribution in [-0.2, 0) is 6.54 Å². The second-order valence-corrected chi connectivity index (χ2v) is 6.16. The number of benzene rings is 1. The number of pyridine rings is 1. The van der Waals surface area contributed by atoms with Crippen LogP contribution in [0.4, 0.5) is 5.82 Å². The van der Waals surface area contributed by atoms with Crippen LogP contribution in [0, 0.1) is 11.3 Å². The van der Waals surface area contributed by atoms with E-state index >= 15 is 0 Å². The van der Waals surface area contributed by atoms with E-state index in [1.54, 1.807) is 0 Å². The summed E-state index contributed by atoms with van der Waals surface area (Å²) in [4.78, 5) is 12.7. The Bertz CT molecular complexity index is 870. The number of aromatic amines is 1. The number of nitriles is 1. The molecule has 1 fully saturated rings. The molecule has 1 N–H and O–H groups in total. The number of piperazine rings is 1. The average molecular weight is 317 g/mol. The molecule has 0 radical (unpaired) electrons. The highest BCUT2D eigenvalue weighted by Crippen LogP contribution is 2.19. The third kappa shape index (κ3) is 2.97. The quantitative estimate of drug-likeness (QED) is 0.807. The first-order valence-corrected chi connectivity index (χ1v) is 8.22. The fraction of sp³-hybridized carbons (Fsp3) is 0.263. The SMILES string of the molecule is N#Cc1ccc2[nH]c(CN3CCN(c4ccccn4)CC3)cc2c1. The molecule has 4 rings (SSSR count). The normalized spacial score (nSPS) is 15.5. The maximum atomic E-state index is 9.01. The Morgan fingerprint density at radius 2 is 1.96 bits per heavy atom. The molecule has 2 aromatic heterocycles. The first kappa shape index (κ1) is 14.7. The van der Waals surface area contributed by atoms with Gasteiger partial charge < -0.3 is 9.88 Å². The number of H-pyrrole nitrogens is 1. The number of aromatic nitrogens is 2. The van der Waals surface area contributed by atoms with Crippen molar-refractivity contribution < 1.29 is 0 Å². The zero-order chi connectivity index (χ0) is 16.4. The number of anilines is 1. The van der Waals surface area contributed by atoms with Crippen molar-refractivity contribution in [1.29, 1.82) is 5.26 Å². The molecule has 1 aliphatic rings. The summed E-state index contributed by atoms with van der Waals surface area (Å²) < 4.78 is 0. The Morgan fingerprint density at radius 3 is 2.71 bits per heavy atom. The van der Waals surface area contributed by atoms with Crippen molar-refractivity contribution in [1.82, 2.24) is 14.9 Å². The van der Waals surface area contributed by atoms with E-state index in [0.717, 1.165) is 49.4 Å². The smallest absolute Gasteiger partial charge is 0.128 e. The van der Waals surface area contributed by atoms with Crippen molar-refractivity contribution in [3.05, 3.63) is 59.9 Å². The van der Waals surface area contributed by atoms with E-state index < -0.39 is 0 Å². The molecule has 0 amide bonds. The molecule has 120 valence electrons. The first-order valence-electron chi connectivity index (χ1n) is 8.22. The maximum Gasteiger partial charge on any atom is 0.128 e.